The predicted octanol–water partition coefficient (Wildman–Crippen LogP) is 17.0. The minimum absolute atomic E-state index is 0.139. The molecule has 0 heterocycles. The van der Waals surface area contributed by atoms with E-state index in [9.17, 15) is 0 Å². The summed E-state index contributed by atoms with van der Waals surface area (Å²) in [5, 5.41) is 2.53. The Labute approximate surface area is 388 Å². The van der Waals surface area contributed by atoms with Crippen LogP contribution in [0.4, 0.5) is 17.1 Å². The molecule has 0 radical (unpaired) electrons. The van der Waals surface area contributed by atoms with Gasteiger partial charge in [-0.05, 0) is 148 Å². The van der Waals surface area contributed by atoms with Gasteiger partial charge in [-0.2, -0.15) is 0 Å². The van der Waals surface area contributed by atoms with E-state index in [0.717, 1.165) is 17.1 Å². The summed E-state index contributed by atoms with van der Waals surface area (Å²) in [7, 11) is 0. The summed E-state index contributed by atoms with van der Waals surface area (Å²) in [5.74, 6) is 0. The first kappa shape index (κ1) is 38.7. The third-order valence-electron chi connectivity index (χ3n) is 15.5. The molecular formula is C65H49N. The Balaban J connectivity index is 0.997. The van der Waals surface area contributed by atoms with Gasteiger partial charge in [0.15, 0.2) is 0 Å². The number of hydrogen-bond acceptors (Lipinski definition) is 1. The second-order valence-electron chi connectivity index (χ2n) is 19.7. The fourth-order valence-electron chi connectivity index (χ4n) is 12.3. The van der Waals surface area contributed by atoms with Crippen molar-refractivity contribution in [3.8, 4) is 44.5 Å². The first-order valence-corrected chi connectivity index (χ1v) is 23.4. The van der Waals surface area contributed by atoms with Crippen molar-refractivity contribution in [2.75, 3.05) is 4.90 Å². The summed E-state index contributed by atoms with van der Waals surface area (Å²) in [6.07, 6.45) is 0. The van der Waals surface area contributed by atoms with Crippen LogP contribution >= 0.6 is 0 Å². The molecule has 10 aromatic carbocycles. The molecular weight excluding hydrogens is 795 g/mol. The fourth-order valence-corrected chi connectivity index (χ4v) is 12.3. The maximum atomic E-state index is 2.52. The van der Waals surface area contributed by atoms with Gasteiger partial charge in [-0.25, -0.2) is 0 Å². The van der Waals surface area contributed by atoms with Crippen molar-refractivity contribution in [1.29, 1.82) is 0 Å². The van der Waals surface area contributed by atoms with Crippen molar-refractivity contribution >= 4 is 27.8 Å². The van der Waals surface area contributed by atoms with Gasteiger partial charge in [0.1, 0.15) is 0 Å². The molecule has 0 unspecified atom stereocenters. The molecule has 3 aliphatic rings. The van der Waals surface area contributed by atoms with Crippen molar-refractivity contribution < 1.29 is 0 Å². The standard InChI is InChI=1S/C65H49N/c1-63(2)57-25-15-13-23-51(57)54-34-30-49(40-61(54)63)66(48-32-36-59-56(39-48)52-24-14-16-26-58(52)65(59,46-19-7-5-8-20-46)47-21-9-6-10-22-47)50-31-35-55-53-33-29-45(38-60(53)64(3,4)62(55)41-50)44-28-27-42-17-11-12-18-43(42)37-44/h5-41H,1-4H3. The molecule has 0 amide bonds. The number of anilines is 3. The maximum absolute atomic E-state index is 2.52. The summed E-state index contributed by atoms with van der Waals surface area (Å²) in [4.78, 5) is 2.52. The quantitative estimate of drug-likeness (QED) is 0.161. The van der Waals surface area contributed by atoms with Gasteiger partial charge in [0.2, 0.25) is 0 Å². The van der Waals surface area contributed by atoms with Crippen molar-refractivity contribution in [3.63, 3.8) is 0 Å². The lowest BCUT2D eigenvalue weighted by atomic mass is 9.68. The van der Waals surface area contributed by atoms with E-state index < -0.39 is 5.41 Å². The number of rotatable bonds is 6. The zero-order valence-corrected chi connectivity index (χ0v) is 37.8. The van der Waals surface area contributed by atoms with Crippen molar-refractivity contribution in [2.45, 2.75) is 43.9 Å². The first-order valence-electron chi connectivity index (χ1n) is 23.4. The first-order chi connectivity index (χ1) is 32.2. The molecule has 1 heteroatoms. The number of fused-ring (bicyclic) bond motifs is 10. The molecule has 1 nitrogen and oxygen atoms in total. The van der Waals surface area contributed by atoms with Crippen LogP contribution in [0, 0.1) is 0 Å². The summed E-state index contributed by atoms with van der Waals surface area (Å²) in [6, 6.07) is 84.5. The van der Waals surface area contributed by atoms with Crippen LogP contribution < -0.4 is 4.90 Å². The lowest BCUT2D eigenvalue weighted by Crippen LogP contribution is -2.28. The van der Waals surface area contributed by atoms with Crippen LogP contribution in [0.25, 0.3) is 55.3 Å². The van der Waals surface area contributed by atoms with Crippen molar-refractivity contribution in [3.05, 3.63) is 269 Å². The van der Waals surface area contributed by atoms with E-state index in [1.165, 1.54) is 99.8 Å². The fraction of sp³-hybridized carbons (Fsp3) is 0.108. The monoisotopic (exact) mass is 843 g/mol. The zero-order chi connectivity index (χ0) is 44.4. The van der Waals surface area contributed by atoms with Crippen LogP contribution in [0.5, 0.6) is 0 Å². The molecule has 0 N–H and O–H groups in total. The highest BCUT2D eigenvalue weighted by atomic mass is 15.1. The molecule has 0 bridgehead atoms. The molecule has 314 valence electrons. The minimum atomic E-state index is -0.462. The lowest BCUT2D eigenvalue weighted by molar-refractivity contribution is 0.660. The summed E-state index contributed by atoms with van der Waals surface area (Å²) >= 11 is 0. The van der Waals surface area contributed by atoms with Crippen LogP contribution in [0.2, 0.25) is 0 Å². The highest BCUT2D eigenvalue weighted by Crippen LogP contribution is 2.58. The predicted molar refractivity (Wildman–Crippen MR) is 276 cm³/mol. The highest BCUT2D eigenvalue weighted by Gasteiger charge is 2.46. The summed E-state index contributed by atoms with van der Waals surface area (Å²) < 4.78 is 0. The molecule has 0 atom stereocenters. The van der Waals surface area contributed by atoms with Gasteiger partial charge in [-0.1, -0.05) is 204 Å². The number of benzene rings is 10. The molecule has 66 heavy (non-hydrogen) atoms. The molecule has 13 rings (SSSR count). The van der Waals surface area contributed by atoms with Gasteiger partial charge in [0.25, 0.3) is 0 Å². The highest BCUT2D eigenvalue weighted by molar-refractivity contribution is 5.94. The van der Waals surface area contributed by atoms with Gasteiger partial charge in [0.05, 0.1) is 5.41 Å². The van der Waals surface area contributed by atoms with Gasteiger partial charge in [0, 0.05) is 27.9 Å². The Bertz CT molecular complexity index is 3550. The van der Waals surface area contributed by atoms with E-state index in [1.54, 1.807) is 0 Å². The van der Waals surface area contributed by atoms with Crippen LogP contribution in [-0.2, 0) is 16.2 Å². The normalized spacial score (nSPS) is 15.0. The van der Waals surface area contributed by atoms with E-state index in [2.05, 4.69) is 257 Å². The van der Waals surface area contributed by atoms with E-state index in [1.807, 2.05) is 0 Å². The van der Waals surface area contributed by atoms with Crippen molar-refractivity contribution in [1.82, 2.24) is 0 Å². The Hall–Kier alpha value is -7.74. The minimum Gasteiger partial charge on any atom is -0.310 e. The SMILES string of the molecule is CC1(C)c2ccccc2-c2ccc(N(c3ccc4c(c3)-c3ccccc3C4(c3ccccc3)c3ccccc3)c3ccc4c(c3)C(C)(C)c3cc(-c5ccc6ccccc6c5)ccc3-4)cc21. The molecule has 0 aliphatic heterocycles. The zero-order valence-electron chi connectivity index (χ0n) is 37.8. The Morgan fingerprint density at radius 1 is 0.273 bits per heavy atom. The second-order valence-corrected chi connectivity index (χ2v) is 19.7. The van der Waals surface area contributed by atoms with Crippen molar-refractivity contribution in [2.24, 2.45) is 0 Å². The van der Waals surface area contributed by atoms with E-state index in [4.69, 9.17) is 0 Å². The third kappa shape index (κ3) is 5.41. The van der Waals surface area contributed by atoms with Gasteiger partial charge < -0.3 is 4.90 Å². The van der Waals surface area contributed by atoms with Gasteiger partial charge >= 0.3 is 0 Å². The molecule has 0 fully saturated rings. The summed E-state index contributed by atoms with van der Waals surface area (Å²) in [6.45, 7) is 9.58. The largest absolute Gasteiger partial charge is 0.310 e. The molecule has 3 aliphatic carbocycles. The molecule has 0 spiro atoms. The summed E-state index contributed by atoms with van der Waals surface area (Å²) in [5.41, 5.74) is 23.6. The second kappa shape index (κ2) is 14.1. The lowest BCUT2D eigenvalue weighted by Gasteiger charge is -2.34. The molecule has 0 saturated carbocycles. The van der Waals surface area contributed by atoms with Crippen LogP contribution in [-0.4, -0.2) is 0 Å². The maximum Gasteiger partial charge on any atom is 0.0713 e. The Morgan fingerprint density at radius 2 is 0.697 bits per heavy atom. The van der Waals surface area contributed by atoms with Gasteiger partial charge in [-0.3, -0.25) is 0 Å². The van der Waals surface area contributed by atoms with E-state index in [0.29, 0.717) is 0 Å². The average molecular weight is 844 g/mol. The number of hydrogen-bond donors (Lipinski definition) is 0. The molecule has 10 aromatic rings. The number of nitrogens with zero attached hydrogens (tertiary/aromatic N) is 1. The van der Waals surface area contributed by atoms with Gasteiger partial charge in [-0.15, -0.1) is 0 Å². The smallest absolute Gasteiger partial charge is 0.0713 e. The van der Waals surface area contributed by atoms with Crippen LogP contribution in [0.3, 0.4) is 0 Å². The van der Waals surface area contributed by atoms with E-state index >= 15 is 0 Å². The molecule has 0 aromatic heterocycles. The average Bonchev–Trinajstić information content (AvgIpc) is 3.88. The van der Waals surface area contributed by atoms with Crippen LogP contribution in [0.1, 0.15) is 72.2 Å². The van der Waals surface area contributed by atoms with E-state index in [-0.39, 0.29) is 10.8 Å². The third-order valence-corrected chi connectivity index (χ3v) is 15.5. The Morgan fingerprint density at radius 3 is 1.35 bits per heavy atom. The topological polar surface area (TPSA) is 3.24 Å². The molecule has 0 saturated heterocycles. The van der Waals surface area contributed by atoms with Crippen LogP contribution in [0.15, 0.2) is 224 Å². The Kier molecular flexibility index (Phi) is 8.28.